The number of hydrogen-bond acceptors (Lipinski definition) is 3. The number of carboxylic acid groups (broad SMARTS) is 1. The Morgan fingerprint density at radius 2 is 1.67 bits per heavy atom. The quantitative estimate of drug-likeness (QED) is 0.687. The van der Waals surface area contributed by atoms with E-state index in [-0.39, 0.29) is 13.0 Å². The summed E-state index contributed by atoms with van der Waals surface area (Å²) >= 11 is 0. The molecule has 1 aromatic carbocycles. The van der Waals surface area contributed by atoms with Gasteiger partial charge in [-0.1, -0.05) is 38.8 Å². The number of hydrogen-bond donors (Lipinski definition) is 2. The molecular weight excluding hydrogens is 313 g/mol. The van der Waals surface area contributed by atoms with E-state index in [0.29, 0.717) is 18.4 Å². The van der Waals surface area contributed by atoms with E-state index < -0.39 is 29.8 Å². The maximum absolute atomic E-state index is 13.0. The number of aliphatic hydroxyl groups is 1. The van der Waals surface area contributed by atoms with Gasteiger partial charge < -0.3 is 15.1 Å². The number of halogens is 1. The number of carbonyl (C=O) groups excluding carboxylic acids is 1. The Bertz CT molecular complexity index is 538. The first-order valence-corrected chi connectivity index (χ1v) is 8.26. The molecule has 0 aliphatic rings. The molecule has 0 heterocycles. The first kappa shape index (κ1) is 20.1. The molecule has 24 heavy (non-hydrogen) atoms. The minimum atomic E-state index is -1.13. The molecule has 5 nitrogen and oxygen atoms in total. The van der Waals surface area contributed by atoms with E-state index in [4.69, 9.17) is 5.11 Å². The molecular formula is C18H26FNO4. The molecule has 0 aliphatic carbocycles. The van der Waals surface area contributed by atoms with Crippen molar-refractivity contribution in [2.45, 2.75) is 58.1 Å². The topological polar surface area (TPSA) is 77.8 Å². The summed E-state index contributed by atoms with van der Waals surface area (Å²) in [5, 5.41) is 19.7. The van der Waals surface area contributed by atoms with Gasteiger partial charge in [0.1, 0.15) is 12.4 Å². The summed E-state index contributed by atoms with van der Waals surface area (Å²) in [4.78, 5) is 24.8. The molecule has 0 aromatic heterocycles. The van der Waals surface area contributed by atoms with Gasteiger partial charge in [-0.25, -0.2) is 4.39 Å². The van der Waals surface area contributed by atoms with Crippen molar-refractivity contribution in [2.75, 3.05) is 6.54 Å². The molecule has 0 aliphatic heterocycles. The van der Waals surface area contributed by atoms with Crippen LogP contribution in [0, 0.1) is 5.82 Å². The fourth-order valence-electron chi connectivity index (χ4n) is 2.83. The van der Waals surface area contributed by atoms with Crippen LogP contribution in [-0.4, -0.2) is 39.1 Å². The lowest BCUT2D eigenvalue weighted by atomic mass is 9.88. The lowest BCUT2D eigenvalue weighted by Crippen LogP contribution is -2.41. The molecule has 2 N–H and O–H groups in total. The van der Waals surface area contributed by atoms with E-state index in [1.165, 1.54) is 29.2 Å². The number of rotatable bonds is 10. The van der Waals surface area contributed by atoms with Crippen molar-refractivity contribution >= 4 is 11.9 Å². The highest BCUT2D eigenvalue weighted by Crippen LogP contribution is 2.25. The molecule has 0 spiro atoms. The highest BCUT2D eigenvalue weighted by Gasteiger charge is 2.31. The second kappa shape index (κ2) is 9.37. The molecule has 0 saturated carbocycles. The Hall–Kier alpha value is -1.95. The van der Waals surface area contributed by atoms with Crippen LogP contribution < -0.4 is 0 Å². The van der Waals surface area contributed by atoms with Crippen LogP contribution in [0.1, 0.15) is 51.5 Å². The van der Waals surface area contributed by atoms with Crippen molar-refractivity contribution in [3.8, 4) is 0 Å². The fourth-order valence-corrected chi connectivity index (χ4v) is 2.83. The SMILES string of the molecule is CCCC(O)(CCC)CC(=O)N(CC(=O)O)Cc1ccc(F)cc1. The number of carbonyl (C=O) groups is 2. The summed E-state index contributed by atoms with van der Waals surface area (Å²) in [6.07, 6.45) is 2.35. The predicted octanol–water partition coefficient (Wildman–Crippen LogP) is 2.96. The number of nitrogens with zero attached hydrogens (tertiary/aromatic N) is 1. The number of aliphatic carboxylic acids is 1. The van der Waals surface area contributed by atoms with Crippen molar-refractivity contribution in [1.29, 1.82) is 0 Å². The van der Waals surface area contributed by atoms with Gasteiger partial charge in [-0.05, 0) is 30.5 Å². The van der Waals surface area contributed by atoms with Crippen molar-refractivity contribution in [2.24, 2.45) is 0 Å². The van der Waals surface area contributed by atoms with E-state index in [2.05, 4.69) is 0 Å². The normalized spacial score (nSPS) is 11.3. The minimum absolute atomic E-state index is 0.0692. The smallest absolute Gasteiger partial charge is 0.323 e. The van der Waals surface area contributed by atoms with Gasteiger partial charge in [0.25, 0.3) is 0 Å². The number of carboxylic acids is 1. The summed E-state index contributed by atoms with van der Waals surface area (Å²) in [6, 6.07) is 5.57. The zero-order chi connectivity index (χ0) is 18.2. The van der Waals surface area contributed by atoms with Crippen molar-refractivity contribution < 1.29 is 24.2 Å². The second-order valence-corrected chi connectivity index (χ2v) is 6.17. The highest BCUT2D eigenvalue weighted by molar-refractivity contribution is 5.82. The van der Waals surface area contributed by atoms with Gasteiger partial charge >= 0.3 is 5.97 Å². The van der Waals surface area contributed by atoms with E-state index in [1.54, 1.807) is 0 Å². The zero-order valence-corrected chi connectivity index (χ0v) is 14.3. The van der Waals surface area contributed by atoms with Crippen molar-refractivity contribution in [3.05, 3.63) is 35.6 Å². The van der Waals surface area contributed by atoms with Crippen LogP contribution in [0.5, 0.6) is 0 Å². The first-order chi connectivity index (χ1) is 11.3. The molecule has 0 unspecified atom stereocenters. The Kier molecular flexibility index (Phi) is 7.85. The van der Waals surface area contributed by atoms with Gasteiger partial charge in [0.2, 0.25) is 5.91 Å². The summed E-state index contributed by atoms with van der Waals surface area (Å²) in [5.41, 5.74) is -0.472. The Morgan fingerprint density at radius 3 is 2.12 bits per heavy atom. The molecule has 1 rings (SSSR count). The lowest BCUT2D eigenvalue weighted by molar-refractivity contribution is -0.147. The Balaban J connectivity index is 2.87. The van der Waals surface area contributed by atoms with Gasteiger partial charge in [-0.2, -0.15) is 0 Å². The van der Waals surface area contributed by atoms with Gasteiger partial charge in [0, 0.05) is 6.54 Å². The third-order valence-corrected chi connectivity index (χ3v) is 3.88. The summed E-state index contributed by atoms with van der Waals surface area (Å²) in [6.45, 7) is 3.47. The van der Waals surface area contributed by atoms with E-state index >= 15 is 0 Å². The molecule has 134 valence electrons. The van der Waals surface area contributed by atoms with E-state index in [0.717, 1.165) is 12.8 Å². The molecule has 0 radical (unpaired) electrons. The minimum Gasteiger partial charge on any atom is -0.480 e. The number of amides is 1. The van der Waals surface area contributed by atoms with Gasteiger partial charge in [0.15, 0.2) is 0 Å². The van der Waals surface area contributed by atoms with Crippen molar-refractivity contribution in [3.63, 3.8) is 0 Å². The van der Waals surface area contributed by atoms with Crippen LogP contribution in [0.4, 0.5) is 4.39 Å². The van der Waals surface area contributed by atoms with Crippen LogP contribution in [0.2, 0.25) is 0 Å². The third kappa shape index (κ3) is 6.66. The second-order valence-electron chi connectivity index (χ2n) is 6.17. The first-order valence-electron chi connectivity index (χ1n) is 8.26. The molecule has 6 heteroatoms. The maximum Gasteiger partial charge on any atom is 0.323 e. The maximum atomic E-state index is 13.0. The molecule has 0 bridgehead atoms. The average Bonchev–Trinajstić information content (AvgIpc) is 2.48. The molecule has 1 aromatic rings. The molecule has 0 atom stereocenters. The summed E-state index contributed by atoms with van der Waals surface area (Å²) in [7, 11) is 0. The van der Waals surface area contributed by atoms with Crippen LogP contribution in [-0.2, 0) is 16.1 Å². The Labute approximate surface area is 142 Å². The predicted molar refractivity (Wildman–Crippen MR) is 88.8 cm³/mol. The van der Waals surface area contributed by atoms with E-state index in [9.17, 15) is 19.1 Å². The monoisotopic (exact) mass is 339 g/mol. The third-order valence-electron chi connectivity index (χ3n) is 3.88. The van der Waals surface area contributed by atoms with Gasteiger partial charge in [0.05, 0.1) is 12.0 Å². The van der Waals surface area contributed by atoms with Crippen molar-refractivity contribution in [1.82, 2.24) is 4.90 Å². The van der Waals surface area contributed by atoms with Crippen LogP contribution in [0.3, 0.4) is 0 Å². The van der Waals surface area contributed by atoms with Gasteiger partial charge in [-0.3, -0.25) is 9.59 Å². The Morgan fingerprint density at radius 1 is 1.12 bits per heavy atom. The standard InChI is InChI=1S/C18H26FNO4/c1-3-9-18(24,10-4-2)11-16(21)20(13-17(22)23)12-14-5-7-15(19)8-6-14/h5-8,24H,3-4,9-13H2,1-2H3,(H,22,23). The largest absolute Gasteiger partial charge is 0.480 e. The van der Waals surface area contributed by atoms with Crippen LogP contribution >= 0.6 is 0 Å². The average molecular weight is 339 g/mol. The molecule has 0 saturated heterocycles. The highest BCUT2D eigenvalue weighted by atomic mass is 19.1. The molecule has 0 fully saturated rings. The lowest BCUT2D eigenvalue weighted by Gasteiger charge is -2.30. The number of benzene rings is 1. The van der Waals surface area contributed by atoms with Crippen LogP contribution in [0.25, 0.3) is 0 Å². The fraction of sp³-hybridized carbons (Fsp3) is 0.556. The summed E-state index contributed by atoms with van der Waals surface area (Å²) < 4.78 is 13.0. The summed E-state index contributed by atoms with van der Waals surface area (Å²) in [5.74, 6) is -1.93. The van der Waals surface area contributed by atoms with E-state index in [1.807, 2.05) is 13.8 Å². The van der Waals surface area contributed by atoms with Crippen LogP contribution in [0.15, 0.2) is 24.3 Å². The zero-order valence-electron chi connectivity index (χ0n) is 14.3. The van der Waals surface area contributed by atoms with Gasteiger partial charge in [-0.15, -0.1) is 0 Å². The molecule has 1 amide bonds.